The highest BCUT2D eigenvalue weighted by molar-refractivity contribution is 5.85. The number of benzene rings is 2. The van der Waals surface area contributed by atoms with Gasteiger partial charge in [-0.05, 0) is 67.3 Å². The first-order chi connectivity index (χ1) is 19.6. The Labute approximate surface area is 244 Å². The lowest BCUT2D eigenvalue weighted by Gasteiger charge is -2.35. The number of aryl methyl sites for hydroxylation is 2. The van der Waals surface area contributed by atoms with Gasteiger partial charge in [0.1, 0.15) is 11.8 Å². The van der Waals surface area contributed by atoms with Crippen molar-refractivity contribution in [1.82, 2.24) is 0 Å². The van der Waals surface area contributed by atoms with Gasteiger partial charge in [0.15, 0.2) is 0 Å². The molecular formula is C37H53NO2. The second-order valence-electron chi connectivity index (χ2n) is 12.1. The molecule has 0 spiro atoms. The summed E-state index contributed by atoms with van der Waals surface area (Å²) in [5.41, 5.74) is 3.41. The van der Waals surface area contributed by atoms with E-state index in [9.17, 15) is 10.1 Å². The van der Waals surface area contributed by atoms with Crippen LogP contribution in [0.2, 0.25) is 0 Å². The average Bonchev–Trinajstić information content (AvgIpc) is 2.99. The maximum absolute atomic E-state index is 13.8. The number of nitriles is 1. The Morgan fingerprint density at radius 1 is 0.725 bits per heavy atom. The van der Waals surface area contributed by atoms with Gasteiger partial charge in [-0.2, -0.15) is 5.26 Å². The van der Waals surface area contributed by atoms with Crippen molar-refractivity contribution in [3.8, 4) is 11.8 Å². The van der Waals surface area contributed by atoms with Gasteiger partial charge in [-0.25, -0.2) is 0 Å². The van der Waals surface area contributed by atoms with E-state index in [1.54, 1.807) is 0 Å². The third kappa shape index (κ3) is 9.79. The molecule has 3 heteroatoms. The molecule has 218 valence electrons. The van der Waals surface area contributed by atoms with Gasteiger partial charge in [0.2, 0.25) is 0 Å². The van der Waals surface area contributed by atoms with E-state index in [1.807, 2.05) is 18.2 Å². The molecule has 0 aromatic heterocycles. The molecule has 1 fully saturated rings. The molecule has 0 heterocycles. The summed E-state index contributed by atoms with van der Waals surface area (Å²) in [6, 6.07) is 16.8. The number of unbranched alkanes of at least 4 members (excludes halogenated alkanes) is 11. The van der Waals surface area contributed by atoms with Crippen LogP contribution in [-0.2, 0) is 23.1 Å². The zero-order chi connectivity index (χ0) is 28.5. The third-order valence-electron chi connectivity index (χ3n) is 8.86. The Balaban J connectivity index is 1.61. The molecule has 0 aliphatic heterocycles. The molecule has 0 unspecified atom stereocenters. The van der Waals surface area contributed by atoms with Gasteiger partial charge in [-0.15, -0.1) is 0 Å². The van der Waals surface area contributed by atoms with E-state index in [4.69, 9.17) is 4.74 Å². The van der Waals surface area contributed by atoms with Gasteiger partial charge in [0.25, 0.3) is 0 Å². The van der Waals surface area contributed by atoms with E-state index in [1.165, 1.54) is 82.6 Å². The first-order valence-corrected chi connectivity index (χ1v) is 16.5. The molecular weight excluding hydrogens is 490 g/mol. The summed E-state index contributed by atoms with van der Waals surface area (Å²) >= 11 is 0. The van der Waals surface area contributed by atoms with Crippen molar-refractivity contribution in [2.24, 2.45) is 0 Å². The highest BCUT2D eigenvalue weighted by Gasteiger charge is 2.43. The quantitative estimate of drug-likeness (QED) is 0.107. The monoisotopic (exact) mass is 543 g/mol. The molecule has 3 nitrogen and oxygen atoms in total. The molecule has 0 amide bonds. The van der Waals surface area contributed by atoms with Crippen LogP contribution in [-0.4, -0.2) is 5.97 Å². The minimum atomic E-state index is -0.625. The maximum atomic E-state index is 13.8. The van der Waals surface area contributed by atoms with Crippen LogP contribution in [0.1, 0.15) is 152 Å². The number of ether oxygens (including phenoxy) is 1. The molecule has 1 aliphatic carbocycles. The lowest BCUT2D eigenvalue weighted by atomic mass is 9.69. The van der Waals surface area contributed by atoms with E-state index in [-0.39, 0.29) is 5.97 Å². The molecule has 40 heavy (non-hydrogen) atoms. The van der Waals surface area contributed by atoms with E-state index >= 15 is 0 Å². The van der Waals surface area contributed by atoms with Crippen LogP contribution >= 0.6 is 0 Å². The number of rotatable bonds is 18. The van der Waals surface area contributed by atoms with E-state index in [0.717, 1.165) is 62.5 Å². The summed E-state index contributed by atoms with van der Waals surface area (Å²) in [5.74, 6) is 0.201. The predicted octanol–water partition coefficient (Wildman–Crippen LogP) is 10.6. The molecule has 0 atom stereocenters. The first-order valence-electron chi connectivity index (χ1n) is 16.5. The highest BCUT2D eigenvalue weighted by Crippen LogP contribution is 2.41. The summed E-state index contributed by atoms with van der Waals surface area (Å²) < 4.78 is 6.05. The number of carbonyl (C=O) groups is 1. The topological polar surface area (TPSA) is 50.1 Å². The van der Waals surface area contributed by atoms with Gasteiger partial charge >= 0.3 is 5.97 Å². The molecule has 1 aliphatic rings. The molecule has 1 saturated carbocycles. The van der Waals surface area contributed by atoms with E-state index in [0.29, 0.717) is 11.3 Å². The van der Waals surface area contributed by atoms with E-state index < -0.39 is 5.41 Å². The average molecular weight is 544 g/mol. The standard InChI is InChI=1S/C37H53NO2/c1-3-5-7-9-11-13-15-19-31-21-24-34(25-22-31)37(27-17-14-18-28-37)36(39)40-35-26-23-32(29-33(35)30-38)20-16-12-10-8-6-4-2/h21-26,29H,3-20,27-28H2,1-2H3. The molecule has 0 radical (unpaired) electrons. The number of nitrogens with zero attached hydrogens (tertiary/aromatic N) is 1. The van der Waals surface area contributed by atoms with Crippen molar-refractivity contribution in [3.63, 3.8) is 0 Å². The fourth-order valence-electron chi connectivity index (χ4n) is 6.26. The number of carbonyl (C=O) groups excluding carboxylic acids is 1. The second kappa shape index (κ2) is 18.0. The van der Waals surface area contributed by atoms with Crippen LogP contribution in [0.5, 0.6) is 5.75 Å². The minimum Gasteiger partial charge on any atom is -0.424 e. The fraction of sp³-hybridized carbons (Fsp3) is 0.622. The molecule has 0 N–H and O–H groups in total. The Morgan fingerprint density at radius 3 is 1.82 bits per heavy atom. The summed E-state index contributed by atoms with van der Waals surface area (Å²) in [6.07, 6.45) is 23.6. The molecule has 0 saturated heterocycles. The van der Waals surface area contributed by atoms with Crippen LogP contribution in [0.4, 0.5) is 0 Å². The van der Waals surface area contributed by atoms with Gasteiger partial charge in [-0.1, -0.05) is 134 Å². The van der Waals surface area contributed by atoms with Gasteiger partial charge in [-0.3, -0.25) is 4.79 Å². The molecule has 0 bridgehead atoms. The smallest absolute Gasteiger partial charge is 0.321 e. The Hall–Kier alpha value is -2.60. The molecule has 2 aromatic rings. The van der Waals surface area contributed by atoms with Crippen molar-refractivity contribution in [3.05, 3.63) is 64.7 Å². The van der Waals surface area contributed by atoms with Crippen LogP contribution in [0.25, 0.3) is 0 Å². The number of esters is 1. The Kier molecular flexibility index (Phi) is 14.3. The zero-order valence-electron chi connectivity index (χ0n) is 25.4. The van der Waals surface area contributed by atoms with Crippen molar-refractivity contribution in [2.75, 3.05) is 0 Å². The van der Waals surface area contributed by atoms with E-state index in [2.05, 4.69) is 44.2 Å². The van der Waals surface area contributed by atoms with Crippen LogP contribution in [0.15, 0.2) is 42.5 Å². The van der Waals surface area contributed by atoms with Gasteiger partial charge in [0, 0.05) is 0 Å². The van der Waals surface area contributed by atoms with Crippen LogP contribution in [0, 0.1) is 11.3 Å². The number of hydrogen-bond donors (Lipinski definition) is 0. The van der Waals surface area contributed by atoms with Gasteiger partial charge < -0.3 is 4.74 Å². The Morgan fingerprint density at radius 2 is 1.25 bits per heavy atom. The van der Waals surface area contributed by atoms with Crippen LogP contribution < -0.4 is 4.74 Å². The molecule has 3 rings (SSSR count). The van der Waals surface area contributed by atoms with Crippen LogP contribution in [0.3, 0.4) is 0 Å². The SMILES string of the molecule is CCCCCCCCCc1ccc(C2(C(=O)Oc3ccc(CCCCCCCC)cc3C#N)CCCCC2)cc1. The summed E-state index contributed by atoms with van der Waals surface area (Å²) in [6.45, 7) is 4.50. The number of hydrogen-bond acceptors (Lipinski definition) is 3. The largest absolute Gasteiger partial charge is 0.424 e. The third-order valence-corrected chi connectivity index (χ3v) is 8.86. The minimum absolute atomic E-state index is 0.202. The lowest BCUT2D eigenvalue weighted by molar-refractivity contribution is -0.142. The normalized spacial score (nSPS) is 14.5. The zero-order valence-corrected chi connectivity index (χ0v) is 25.4. The summed E-state index contributed by atoms with van der Waals surface area (Å²) in [5, 5.41) is 9.85. The lowest BCUT2D eigenvalue weighted by Crippen LogP contribution is -2.41. The molecule has 2 aromatic carbocycles. The van der Waals surface area contributed by atoms with Crippen molar-refractivity contribution in [1.29, 1.82) is 5.26 Å². The van der Waals surface area contributed by atoms with Crippen molar-refractivity contribution in [2.45, 2.75) is 148 Å². The van der Waals surface area contributed by atoms with Crippen molar-refractivity contribution < 1.29 is 9.53 Å². The Bertz CT molecular complexity index is 1040. The predicted molar refractivity (Wildman–Crippen MR) is 167 cm³/mol. The summed E-state index contributed by atoms with van der Waals surface area (Å²) in [4.78, 5) is 13.8. The summed E-state index contributed by atoms with van der Waals surface area (Å²) in [7, 11) is 0. The maximum Gasteiger partial charge on any atom is 0.321 e. The van der Waals surface area contributed by atoms with Crippen molar-refractivity contribution >= 4 is 5.97 Å². The second-order valence-corrected chi connectivity index (χ2v) is 12.1. The fourth-order valence-corrected chi connectivity index (χ4v) is 6.26. The van der Waals surface area contributed by atoms with Gasteiger partial charge in [0.05, 0.1) is 11.0 Å². The first kappa shape index (κ1) is 31.9. The highest BCUT2D eigenvalue weighted by atomic mass is 16.5.